The summed E-state index contributed by atoms with van der Waals surface area (Å²) in [4.78, 5) is 12.5. The van der Waals surface area contributed by atoms with Crippen LogP contribution in [-0.2, 0) is 19.4 Å². The number of aryl methyl sites for hydroxylation is 1. The van der Waals surface area contributed by atoms with Gasteiger partial charge in [-0.1, -0.05) is 5.16 Å². The standard InChI is InChI=1S/C17H16N6O3/c24-17(18-12-2-4-16-19-21-22-23(16)9-12)13-8-15(26-20-13)10-1-3-14-11(7-10)5-6-25-14/h1,3,7-8,12H,2,4-6,9H2,(H,18,24). The summed E-state index contributed by atoms with van der Waals surface area (Å²) in [6.45, 7) is 1.26. The van der Waals surface area contributed by atoms with Gasteiger partial charge in [-0.3, -0.25) is 4.79 Å². The number of hydrogen-bond acceptors (Lipinski definition) is 7. The van der Waals surface area contributed by atoms with Gasteiger partial charge in [0.05, 0.1) is 13.2 Å². The summed E-state index contributed by atoms with van der Waals surface area (Å²) >= 11 is 0. The molecule has 2 aliphatic rings. The average Bonchev–Trinajstić information content (AvgIpc) is 3.39. The molecule has 0 saturated carbocycles. The third-order valence-electron chi connectivity index (χ3n) is 4.77. The number of hydrogen-bond donors (Lipinski definition) is 1. The van der Waals surface area contributed by atoms with Crippen molar-refractivity contribution in [2.75, 3.05) is 6.61 Å². The molecular formula is C17H16N6O3. The molecule has 26 heavy (non-hydrogen) atoms. The minimum atomic E-state index is -0.258. The Morgan fingerprint density at radius 1 is 1.27 bits per heavy atom. The molecule has 132 valence electrons. The molecule has 5 rings (SSSR count). The summed E-state index contributed by atoms with van der Waals surface area (Å²) in [5.74, 6) is 2.06. The van der Waals surface area contributed by atoms with Gasteiger partial charge >= 0.3 is 0 Å². The molecule has 3 aromatic rings. The SMILES string of the molecule is O=C(NC1CCc2nnnn2C1)c1cc(-c2ccc3c(c2)CCO3)on1. The fourth-order valence-corrected chi connectivity index (χ4v) is 3.38. The van der Waals surface area contributed by atoms with E-state index >= 15 is 0 Å². The maximum absolute atomic E-state index is 12.5. The number of rotatable bonds is 3. The van der Waals surface area contributed by atoms with Crippen LogP contribution in [0, 0.1) is 0 Å². The second kappa shape index (κ2) is 5.94. The average molecular weight is 352 g/mol. The van der Waals surface area contributed by atoms with E-state index in [0.717, 1.165) is 42.0 Å². The lowest BCUT2D eigenvalue weighted by molar-refractivity contribution is 0.0917. The lowest BCUT2D eigenvalue weighted by Crippen LogP contribution is -2.41. The number of nitrogens with zero attached hydrogens (tertiary/aromatic N) is 5. The van der Waals surface area contributed by atoms with E-state index in [9.17, 15) is 4.79 Å². The maximum atomic E-state index is 12.5. The number of benzene rings is 1. The van der Waals surface area contributed by atoms with Crippen molar-refractivity contribution in [1.29, 1.82) is 0 Å². The van der Waals surface area contributed by atoms with Crippen LogP contribution in [0.5, 0.6) is 5.75 Å². The minimum Gasteiger partial charge on any atom is -0.493 e. The third-order valence-corrected chi connectivity index (χ3v) is 4.77. The Balaban J connectivity index is 1.30. The van der Waals surface area contributed by atoms with Crippen LogP contribution in [-0.4, -0.2) is 43.9 Å². The number of amides is 1. The second-order valence-corrected chi connectivity index (χ2v) is 6.48. The monoisotopic (exact) mass is 352 g/mol. The van der Waals surface area contributed by atoms with Crippen molar-refractivity contribution in [3.8, 4) is 17.1 Å². The zero-order chi connectivity index (χ0) is 17.5. The lowest BCUT2D eigenvalue weighted by atomic mass is 10.1. The van der Waals surface area contributed by atoms with E-state index in [4.69, 9.17) is 9.26 Å². The molecule has 0 fully saturated rings. The van der Waals surface area contributed by atoms with Gasteiger partial charge in [0.25, 0.3) is 5.91 Å². The van der Waals surface area contributed by atoms with Gasteiger partial charge in [0, 0.05) is 30.5 Å². The summed E-state index contributed by atoms with van der Waals surface area (Å²) in [5.41, 5.74) is 2.29. The predicted molar refractivity (Wildman–Crippen MR) is 88.5 cm³/mol. The van der Waals surface area contributed by atoms with E-state index in [1.165, 1.54) is 0 Å². The summed E-state index contributed by atoms with van der Waals surface area (Å²) in [5, 5.41) is 18.4. The van der Waals surface area contributed by atoms with Crippen LogP contribution < -0.4 is 10.1 Å². The summed E-state index contributed by atoms with van der Waals surface area (Å²) in [6.07, 6.45) is 2.41. The molecule has 1 atom stereocenters. The molecule has 1 unspecified atom stereocenters. The minimum absolute atomic E-state index is 0.0317. The molecule has 9 nitrogen and oxygen atoms in total. The maximum Gasteiger partial charge on any atom is 0.273 e. The number of carbonyl (C=O) groups excluding carboxylic acids is 1. The van der Waals surface area contributed by atoms with E-state index in [1.807, 2.05) is 18.2 Å². The molecule has 0 saturated heterocycles. The van der Waals surface area contributed by atoms with Crippen molar-refractivity contribution in [3.05, 3.63) is 41.3 Å². The smallest absolute Gasteiger partial charge is 0.273 e. The van der Waals surface area contributed by atoms with Gasteiger partial charge in [-0.15, -0.1) is 5.10 Å². The fourth-order valence-electron chi connectivity index (χ4n) is 3.38. The van der Waals surface area contributed by atoms with Crippen molar-refractivity contribution in [3.63, 3.8) is 0 Å². The van der Waals surface area contributed by atoms with E-state index in [2.05, 4.69) is 26.0 Å². The molecular weight excluding hydrogens is 336 g/mol. The molecule has 4 heterocycles. The first-order chi connectivity index (χ1) is 12.8. The molecule has 2 aliphatic heterocycles. The summed E-state index contributed by atoms with van der Waals surface area (Å²) < 4.78 is 12.6. The molecule has 0 aliphatic carbocycles. The van der Waals surface area contributed by atoms with Crippen molar-refractivity contribution in [1.82, 2.24) is 30.7 Å². The highest BCUT2D eigenvalue weighted by molar-refractivity contribution is 5.93. The number of tetrazole rings is 1. The highest BCUT2D eigenvalue weighted by atomic mass is 16.5. The summed E-state index contributed by atoms with van der Waals surface area (Å²) in [6, 6.07) is 7.48. The highest BCUT2D eigenvalue weighted by Gasteiger charge is 2.24. The van der Waals surface area contributed by atoms with Crippen molar-refractivity contribution >= 4 is 5.91 Å². The topological polar surface area (TPSA) is 108 Å². The van der Waals surface area contributed by atoms with Gasteiger partial charge in [0.15, 0.2) is 17.3 Å². The fraction of sp³-hybridized carbons (Fsp3) is 0.353. The molecule has 0 radical (unpaired) electrons. The van der Waals surface area contributed by atoms with E-state index in [-0.39, 0.29) is 17.6 Å². The quantitative estimate of drug-likeness (QED) is 0.749. The third kappa shape index (κ3) is 2.61. The first-order valence-corrected chi connectivity index (χ1v) is 8.55. The lowest BCUT2D eigenvalue weighted by Gasteiger charge is -2.22. The van der Waals surface area contributed by atoms with Crippen LogP contribution in [0.2, 0.25) is 0 Å². The first-order valence-electron chi connectivity index (χ1n) is 8.55. The van der Waals surface area contributed by atoms with Gasteiger partial charge in [0.2, 0.25) is 0 Å². The van der Waals surface area contributed by atoms with Crippen LogP contribution >= 0.6 is 0 Å². The molecule has 1 N–H and O–H groups in total. The van der Waals surface area contributed by atoms with Gasteiger partial charge in [0.1, 0.15) is 5.75 Å². The van der Waals surface area contributed by atoms with Crippen LogP contribution in [0.1, 0.15) is 28.3 Å². The molecule has 2 aromatic heterocycles. The van der Waals surface area contributed by atoms with E-state index in [0.29, 0.717) is 18.9 Å². The van der Waals surface area contributed by atoms with E-state index < -0.39 is 0 Å². The number of aromatic nitrogens is 5. The largest absolute Gasteiger partial charge is 0.493 e. The Morgan fingerprint density at radius 2 is 2.23 bits per heavy atom. The van der Waals surface area contributed by atoms with Crippen molar-refractivity contribution in [2.45, 2.75) is 31.8 Å². The first kappa shape index (κ1) is 15.1. The van der Waals surface area contributed by atoms with Crippen LogP contribution in [0.15, 0.2) is 28.8 Å². The Hall–Kier alpha value is -3.23. The summed E-state index contributed by atoms with van der Waals surface area (Å²) in [7, 11) is 0. The Morgan fingerprint density at radius 3 is 3.19 bits per heavy atom. The van der Waals surface area contributed by atoms with Gasteiger partial charge in [-0.25, -0.2) is 4.68 Å². The molecule has 1 aromatic carbocycles. The van der Waals surface area contributed by atoms with Crippen LogP contribution in [0.3, 0.4) is 0 Å². The molecule has 0 bridgehead atoms. The Labute approximate surface area is 148 Å². The van der Waals surface area contributed by atoms with Crippen molar-refractivity contribution in [2.24, 2.45) is 0 Å². The van der Waals surface area contributed by atoms with Crippen LogP contribution in [0.25, 0.3) is 11.3 Å². The number of nitrogens with one attached hydrogen (secondary N) is 1. The molecule has 0 spiro atoms. The van der Waals surface area contributed by atoms with E-state index in [1.54, 1.807) is 10.7 Å². The number of ether oxygens (including phenoxy) is 1. The Bertz CT molecular complexity index is 979. The van der Waals surface area contributed by atoms with Crippen molar-refractivity contribution < 1.29 is 14.1 Å². The van der Waals surface area contributed by atoms with Gasteiger partial charge in [-0.05, 0) is 40.6 Å². The molecule has 9 heteroatoms. The Kier molecular flexibility index (Phi) is 3.44. The van der Waals surface area contributed by atoms with Gasteiger partial charge < -0.3 is 14.6 Å². The zero-order valence-corrected chi connectivity index (χ0v) is 13.9. The predicted octanol–water partition coefficient (Wildman–Crippen LogP) is 1.01. The second-order valence-electron chi connectivity index (χ2n) is 6.48. The van der Waals surface area contributed by atoms with Crippen LogP contribution in [0.4, 0.5) is 0 Å². The molecule has 1 amide bonds. The number of fused-ring (bicyclic) bond motifs is 2. The highest BCUT2D eigenvalue weighted by Crippen LogP contribution is 2.30. The number of carbonyl (C=O) groups is 1. The van der Waals surface area contributed by atoms with Gasteiger partial charge in [-0.2, -0.15) is 0 Å². The normalized spacial score (nSPS) is 18.1. The zero-order valence-electron chi connectivity index (χ0n) is 13.9.